The zero-order chi connectivity index (χ0) is 30.1. The molecule has 2 aliphatic rings. The Hall–Kier alpha value is -3.92. The van der Waals surface area contributed by atoms with E-state index in [1.807, 2.05) is 74.5 Å². The molecule has 10 heteroatoms. The summed E-state index contributed by atoms with van der Waals surface area (Å²) in [5.41, 5.74) is 8.66. The van der Waals surface area contributed by atoms with Gasteiger partial charge in [0, 0.05) is 25.6 Å². The van der Waals surface area contributed by atoms with Crippen molar-refractivity contribution in [1.82, 2.24) is 20.6 Å². The summed E-state index contributed by atoms with van der Waals surface area (Å²) in [5.74, 6) is -1.62. The summed E-state index contributed by atoms with van der Waals surface area (Å²) in [5, 5.41) is 6.65. The highest BCUT2D eigenvalue weighted by Crippen LogP contribution is 2.24. The van der Waals surface area contributed by atoms with Crippen molar-refractivity contribution in [2.75, 3.05) is 13.1 Å². The Morgan fingerprint density at radius 2 is 1.64 bits per heavy atom. The van der Waals surface area contributed by atoms with Crippen molar-refractivity contribution in [1.29, 1.82) is 0 Å². The minimum Gasteiger partial charge on any atom is -0.343 e. The van der Waals surface area contributed by atoms with Crippen LogP contribution in [-0.2, 0) is 32.1 Å². The van der Waals surface area contributed by atoms with E-state index < -0.39 is 30.0 Å². The van der Waals surface area contributed by atoms with Gasteiger partial charge in [0.25, 0.3) is 5.91 Å². The van der Waals surface area contributed by atoms with Crippen molar-refractivity contribution < 1.29 is 24.0 Å². The van der Waals surface area contributed by atoms with Gasteiger partial charge in [-0.3, -0.25) is 9.59 Å². The van der Waals surface area contributed by atoms with Crippen molar-refractivity contribution >= 4 is 23.8 Å². The molecule has 4 rings (SSSR count). The number of rotatable bonds is 12. The van der Waals surface area contributed by atoms with Crippen LogP contribution >= 0.6 is 0 Å². The molecular formula is C32H43N5O5. The topological polar surface area (TPSA) is 134 Å². The van der Waals surface area contributed by atoms with Gasteiger partial charge in [-0.05, 0) is 55.6 Å². The van der Waals surface area contributed by atoms with Gasteiger partial charge in [-0.15, -0.1) is 0 Å². The number of benzene rings is 2. The third kappa shape index (κ3) is 8.31. The zero-order valence-electron chi connectivity index (χ0n) is 24.5. The molecule has 4 atom stereocenters. The number of nitrogens with two attached hydrogens (primary N) is 1. The number of nitrogens with zero attached hydrogens (tertiary/aromatic N) is 2. The smallest absolute Gasteiger partial charge is 0.343 e. The zero-order valence-corrected chi connectivity index (χ0v) is 24.5. The Balaban J connectivity index is 1.63. The highest BCUT2D eigenvalue weighted by Gasteiger charge is 2.42. The molecule has 42 heavy (non-hydrogen) atoms. The highest BCUT2D eigenvalue weighted by molar-refractivity contribution is 5.90. The van der Waals surface area contributed by atoms with E-state index in [1.165, 1.54) is 9.96 Å². The van der Waals surface area contributed by atoms with Crippen molar-refractivity contribution in [3.05, 3.63) is 71.8 Å². The standard InChI is InChI=1S/C32H43N5O5/c1-22(2)29(36-19-9-18-34-32(36)41)30(39)37(42-31(40)27-16-17-28(38)35-27)26(21-24-12-7-4-8-13-24)15-14-25(33)20-23-10-5-3-6-11-23/h3-8,10-13,22,25-27,29H,9,14-21,33H2,1-2H3,(H,34,41)(H,35,38)/t25-,26-,27-,29+/m0/s1. The van der Waals surface area contributed by atoms with Crippen molar-refractivity contribution in [3.8, 4) is 0 Å². The van der Waals surface area contributed by atoms with Crippen LogP contribution in [0.2, 0.25) is 0 Å². The molecule has 2 aromatic rings. The quantitative estimate of drug-likeness (QED) is 0.332. The molecule has 0 saturated carbocycles. The number of urea groups is 1. The molecule has 0 radical (unpaired) electrons. The van der Waals surface area contributed by atoms with E-state index in [-0.39, 0.29) is 30.3 Å². The van der Waals surface area contributed by atoms with Gasteiger partial charge in [0.15, 0.2) is 0 Å². The highest BCUT2D eigenvalue weighted by atomic mass is 16.7. The van der Waals surface area contributed by atoms with Crippen LogP contribution in [0.1, 0.15) is 57.1 Å². The fourth-order valence-corrected chi connectivity index (χ4v) is 5.69. The van der Waals surface area contributed by atoms with Crippen LogP contribution in [0, 0.1) is 5.92 Å². The average Bonchev–Trinajstić information content (AvgIpc) is 3.42. The number of amides is 4. The monoisotopic (exact) mass is 577 g/mol. The largest absolute Gasteiger partial charge is 0.354 e. The maximum Gasteiger partial charge on any atom is 0.354 e. The van der Waals surface area contributed by atoms with E-state index >= 15 is 0 Å². The van der Waals surface area contributed by atoms with Gasteiger partial charge in [-0.25, -0.2) is 9.59 Å². The first kappa shape index (κ1) is 31.0. The van der Waals surface area contributed by atoms with E-state index in [9.17, 15) is 19.2 Å². The fourth-order valence-electron chi connectivity index (χ4n) is 5.69. The molecule has 0 bridgehead atoms. The molecular weight excluding hydrogens is 534 g/mol. The lowest BCUT2D eigenvalue weighted by Crippen LogP contribution is -2.60. The first-order valence-corrected chi connectivity index (χ1v) is 14.9. The van der Waals surface area contributed by atoms with Gasteiger partial charge in [-0.1, -0.05) is 74.5 Å². The van der Waals surface area contributed by atoms with E-state index in [4.69, 9.17) is 10.6 Å². The molecule has 4 N–H and O–H groups in total. The summed E-state index contributed by atoms with van der Waals surface area (Å²) in [6.45, 7) is 4.73. The lowest BCUT2D eigenvalue weighted by atomic mass is 9.94. The first-order chi connectivity index (χ1) is 20.2. The molecule has 2 aliphatic heterocycles. The molecule has 0 aromatic heterocycles. The predicted octanol–water partition coefficient (Wildman–Crippen LogP) is 2.95. The third-order valence-electron chi connectivity index (χ3n) is 7.88. The minimum atomic E-state index is -0.840. The lowest BCUT2D eigenvalue weighted by Gasteiger charge is -2.40. The SMILES string of the molecule is CC(C)[C@H](C(=O)N(OC(=O)[C@@H]1CCC(=O)N1)[C@@H](CC[C@H](N)Cc1ccccc1)Cc1ccccc1)N1CCCNC1=O. The maximum atomic E-state index is 14.4. The van der Waals surface area contributed by atoms with Gasteiger partial charge < -0.3 is 26.1 Å². The summed E-state index contributed by atoms with van der Waals surface area (Å²) in [6.07, 6.45) is 3.36. The van der Waals surface area contributed by atoms with Crippen LogP contribution in [0.25, 0.3) is 0 Å². The van der Waals surface area contributed by atoms with Crippen molar-refractivity contribution in [2.24, 2.45) is 11.7 Å². The van der Waals surface area contributed by atoms with E-state index in [0.717, 1.165) is 11.1 Å². The minimum absolute atomic E-state index is 0.179. The van der Waals surface area contributed by atoms with E-state index in [0.29, 0.717) is 51.6 Å². The summed E-state index contributed by atoms with van der Waals surface area (Å²) in [7, 11) is 0. The molecule has 0 unspecified atom stereocenters. The summed E-state index contributed by atoms with van der Waals surface area (Å²) in [6, 6.07) is 17.0. The third-order valence-corrected chi connectivity index (χ3v) is 7.88. The van der Waals surface area contributed by atoms with Crippen LogP contribution in [0.15, 0.2) is 60.7 Å². The Bertz CT molecular complexity index is 1210. The van der Waals surface area contributed by atoms with Crippen molar-refractivity contribution in [3.63, 3.8) is 0 Å². The second kappa shape index (κ2) is 14.8. The van der Waals surface area contributed by atoms with Gasteiger partial charge in [0.05, 0.1) is 6.04 Å². The second-order valence-corrected chi connectivity index (χ2v) is 11.6. The Morgan fingerprint density at radius 3 is 2.21 bits per heavy atom. The maximum absolute atomic E-state index is 14.4. The molecule has 0 aliphatic carbocycles. The molecule has 4 amide bonds. The molecule has 2 saturated heterocycles. The Labute approximate surface area is 247 Å². The van der Waals surface area contributed by atoms with Gasteiger partial charge in [0.2, 0.25) is 5.91 Å². The summed E-state index contributed by atoms with van der Waals surface area (Å²) < 4.78 is 0. The number of hydrogen-bond donors (Lipinski definition) is 3. The average molecular weight is 578 g/mol. The number of nitrogens with one attached hydrogen (secondary N) is 2. The normalized spacial score (nSPS) is 19.0. The molecule has 10 nitrogen and oxygen atoms in total. The van der Waals surface area contributed by atoms with Crippen LogP contribution in [0.3, 0.4) is 0 Å². The molecule has 0 spiro atoms. The number of carbonyl (C=O) groups is 4. The Morgan fingerprint density at radius 1 is 1.00 bits per heavy atom. The van der Waals surface area contributed by atoms with Gasteiger partial charge in [-0.2, -0.15) is 5.06 Å². The predicted molar refractivity (Wildman–Crippen MR) is 159 cm³/mol. The number of hydrogen-bond acceptors (Lipinski definition) is 6. The van der Waals surface area contributed by atoms with Crippen LogP contribution in [0.5, 0.6) is 0 Å². The lowest BCUT2D eigenvalue weighted by molar-refractivity contribution is -0.213. The molecule has 2 aromatic carbocycles. The summed E-state index contributed by atoms with van der Waals surface area (Å²) >= 11 is 0. The second-order valence-electron chi connectivity index (χ2n) is 11.6. The van der Waals surface area contributed by atoms with E-state index in [2.05, 4.69) is 10.6 Å². The number of hydroxylamine groups is 2. The van der Waals surface area contributed by atoms with Crippen LogP contribution in [-0.4, -0.2) is 71.0 Å². The van der Waals surface area contributed by atoms with Crippen LogP contribution < -0.4 is 16.4 Å². The molecule has 2 fully saturated rings. The molecule has 226 valence electrons. The van der Waals surface area contributed by atoms with Gasteiger partial charge in [0.1, 0.15) is 12.1 Å². The Kier molecular flexibility index (Phi) is 10.9. The molecule has 2 heterocycles. The fraction of sp³-hybridized carbons (Fsp3) is 0.500. The number of carbonyl (C=O) groups excluding carboxylic acids is 4. The summed E-state index contributed by atoms with van der Waals surface area (Å²) in [4.78, 5) is 59.9. The van der Waals surface area contributed by atoms with Crippen molar-refractivity contribution in [2.45, 2.75) is 83.0 Å². The van der Waals surface area contributed by atoms with E-state index in [1.54, 1.807) is 0 Å². The van der Waals surface area contributed by atoms with Gasteiger partial charge >= 0.3 is 12.0 Å². The first-order valence-electron chi connectivity index (χ1n) is 14.9. The van der Waals surface area contributed by atoms with Crippen LogP contribution in [0.4, 0.5) is 4.79 Å².